The first-order valence-corrected chi connectivity index (χ1v) is 10.5. The summed E-state index contributed by atoms with van der Waals surface area (Å²) in [6.07, 6.45) is 0. The van der Waals surface area contributed by atoms with E-state index in [1.54, 1.807) is 4.90 Å². The van der Waals surface area contributed by atoms with Crippen LogP contribution in [-0.4, -0.2) is 58.8 Å². The molecule has 1 aliphatic rings. The van der Waals surface area contributed by atoms with Crippen molar-refractivity contribution in [2.45, 2.75) is 13.8 Å². The molecule has 1 fully saturated rings. The van der Waals surface area contributed by atoms with Crippen LogP contribution >= 0.6 is 0 Å². The minimum Gasteiger partial charge on any atom is -0.336 e. The minimum atomic E-state index is -0.355. The number of benzene rings is 2. The number of aryl methyl sites for hydroxylation is 1. The molecule has 1 saturated heterocycles. The molecule has 160 valence electrons. The summed E-state index contributed by atoms with van der Waals surface area (Å²) >= 11 is 0. The van der Waals surface area contributed by atoms with E-state index in [1.165, 1.54) is 24.3 Å². The molecule has 31 heavy (non-hydrogen) atoms. The summed E-state index contributed by atoms with van der Waals surface area (Å²) in [6, 6.07) is 17.6. The largest absolute Gasteiger partial charge is 0.336 e. The molecule has 2 aromatic carbocycles. The van der Waals surface area contributed by atoms with Crippen LogP contribution in [0, 0.1) is 19.7 Å². The lowest BCUT2D eigenvalue weighted by atomic mass is 10.1. The SMILES string of the molecule is Cc1cc(C(=O)CN2CCN(C(=O)c3ccc(F)cc3)CC2)c(C)n1-c1ccccc1. The molecular weight excluding hydrogens is 393 g/mol. The highest BCUT2D eigenvalue weighted by molar-refractivity contribution is 5.99. The van der Waals surface area contributed by atoms with Gasteiger partial charge in [0, 0.05) is 54.4 Å². The number of carbonyl (C=O) groups excluding carboxylic acids is 2. The maximum absolute atomic E-state index is 13.1. The Morgan fingerprint density at radius 2 is 1.55 bits per heavy atom. The van der Waals surface area contributed by atoms with Crippen molar-refractivity contribution in [1.29, 1.82) is 0 Å². The maximum atomic E-state index is 13.1. The molecule has 1 amide bonds. The average Bonchev–Trinajstić information content (AvgIpc) is 3.09. The van der Waals surface area contributed by atoms with Gasteiger partial charge in [-0.3, -0.25) is 14.5 Å². The molecule has 1 aromatic heterocycles. The molecule has 6 heteroatoms. The van der Waals surface area contributed by atoms with Crippen molar-refractivity contribution in [3.8, 4) is 5.69 Å². The smallest absolute Gasteiger partial charge is 0.253 e. The number of nitrogens with zero attached hydrogens (tertiary/aromatic N) is 3. The first-order chi connectivity index (χ1) is 14.9. The molecule has 5 nitrogen and oxygen atoms in total. The van der Waals surface area contributed by atoms with Crippen LogP contribution in [0.2, 0.25) is 0 Å². The van der Waals surface area contributed by atoms with Crippen LogP contribution in [0.15, 0.2) is 60.7 Å². The van der Waals surface area contributed by atoms with Gasteiger partial charge in [-0.05, 0) is 56.3 Å². The monoisotopic (exact) mass is 419 g/mol. The number of rotatable bonds is 5. The number of ketones is 1. The van der Waals surface area contributed by atoms with E-state index in [2.05, 4.69) is 9.47 Å². The van der Waals surface area contributed by atoms with Gasteiger partial charge in [0.25, 0.3) is 5.91 Å². The molecule has 2 heterocycles. The van der Waals surface area contributed by atoms with E-state index >= 15 is 0 Å². The molecule has 0 aliphatic carbocycles. The summed E-state index contributed by atoms with van der Waals surface area (Å²) in [7, 11) is 0. The van der Waals surface area contributed by atoms with Gasteiger partial charge in [-0.1, -0.05) is 18.2 Å². The molecule has 0 N–H and O–H groups in total. The summed E-state index contributed by atoms with van der Waals surface area (Å²) in [5.74, 6) is -0.363. The molecular formula is C25H26FN3O2. The van der Waals surface area contributed by atoms with Crippen molar-refractivity contribution >= 4 is 11.7 Å². The third-order valence-electron chi connectivity index (χ3n) is 5.86. The first kappa shape index (κ1) is 21.0. The normalized spacial score (nSPS) is 14.6. The lowest BCUT2D eigenvalue weighted by molar-refractivity contribution is 0.0624. The molecule has 0 saturated carbocycles. The molecule has 0 bridgehead atoms. The van der Waals surface area contributed by atoms with Crippen molar-refractivity contribution < 1.29 is 14.0 Å². The van der Waals surface area contributed by atoms with Gasteiger partial charge >= 0.3 is 0 Å². The Kier molecular flexibility index (Phi) is 6.00. The quantitative estimate of drug-likeness (QED) is 0.590. The Hall–Kier alpha value is -3.25. The fourth-order valence-electron chi connectivity index (χ4n) is 4.19. The maximum Gasteiger partial charge on any atom is 0.253 e. The number of hydrogen-bond donors (Lipinski definition) is 0. The second kappa shape index (κ2) is 8.86. The predicted molar refractivity (Wildman–Crippen MR) is 118 cm³/mol. The predicted octanol–water partition coefficient (Wildman–Crippen LogP) is 3.87. The second-order valence-electron chi connectivity index (χ2n) is 7.95. The molecule has 0 radical (unpaired) electrons. The van der Waals surface area contributed by atoms with Crippen LogP contribution in [0.4, 0.5) is 4.39 Å². The number of piperazine rings is 1. The highest BCUT2D eigenvalue weighted by Crippen LogP contribution is 2.21. The molecule has 0 atom stereocenters. The highest BCUT2D eigenvalue weighted by Gasteiger charge is 2.25. The van der Waals surface area contributed by atoms with Crippen molar-refractivity contribution in [2.75, 3.05) is 32.7 Å². The van der Waals surface area contributed by atoms with E-state index in [9.17, 15) is 14.0 Å². The number of halogens is 1. The summed E-state index contributed by atoms with van der Waals surface area (Å²) in [5, 5.41) is 0. The van der Waals surface area contributed by atoms with E-state index in [-0.39, 0.29) is 17.5 Å². The summed E-state index contributed by atoms with van der Waals surface area (Å²) in [6.45, 7) is 6.69. The van der Waals surface area contributed by atoms with Gasteiger partial charge in [0.15, 0.2) is 5.78 Å². The number of aromatic nitrogens is 1. The standard InChI is InChI=1S/C25H26FN3O2/c1-18-16-23(19(2)29(18)22-6-4-3-5-7-22)24(30)17-27-12-14-28(15-13-27)25(31)20-8-10-21(26)11-9-20/h3-11,16H,12-15,17H2,1-2H3. The van der Waals surface area contributed by atoms with Crippen LogP contribution in [0.5, 0.6) is 0 Å². The van der Waals surface area contributed by atoms with Crippen LogP contribution in [0.3, 0.4) is 0 Å². The zero-order valence-corrected chi connectivity index (χ0v) is 17.8. The lowest BCUT2D eigenvalue weighted by Crippen LogP contribution is -2.49. The van der Waals surface area contributed by atoms with Crippen LogP contribution in [0.25, 0.3) is 5.69 Å². The van der Waals surface area contributed by atoms with Gasteiger partial charge in [0.2, 0.25) is 0 Å². The van der Waals surface area contributed by atoms with Crippen molar-refractivity contribution in [1.82, 2.24) is 14.4 Å². The van der Waals surface area contributed by atoms with E-state index in [1.807, 2.05) is 50.2 Å². The zero-order chi connectivity index (χ0) is 22.0. The van der Waals surface area contributed by atoms with Gasteiger partial charge < -0.3 is 9.47 Å². The van der Waals surface area contributed by atoms with Gasteiger partial charge in [-0.15, -0.1) is 0 Å². The number of hydrogen-bond acceptors (Lipinski definition) is 3. The van der Waals surface area contributed by atoms with Crippen LogP contribution < -0.4 is 0 Å². The van der Waals surface area contributed by atoms with E-state index in [4.69, 9.17) is 0 Å². The molecule has 0 spiro atoms. The third-order valence-corrected chi connectivity index (χ3v) is 5.86. The second-order valence-corrected chi connectivity index (χ2v) is 7.95. The van der Waals surface area contributed by atoms with E-state index in [0.29, 0.717) is 38.3 Å². The summed E-state index contributed by atoms with van der Waals surface area (Å²) < 4.78 is 15.2. The molecule has 4 rings (SSSR count). The lowest BCUT2D eigenvalue weighted by Gasteiger charge is -2.34. The van der Waals surface area contributed by atoms with Gasteiger partial charge in [-0.2, -0.15) is 0 Å². The number of amides is 1. The number of para-hydroxylation sites is 1. The zero-order valence-electron chi connectivity index (χ0n) is 17.8. The Morgan fingerprint density at radius 3 is 2.19 bits per heavy atom. The average molecular weight is 420 g/mol. The number of Topliss-reactive ketones (excluding diaryl/α,β-unsaturated/α-hetero) is 1. The minimum absolute atomic E-state index is 0.0913. The third kappa shape index (κ3) is 4.44. The van der Waals surface area contributed by atoms with Gasteiger partial charge in [0.1, 0.15) is 5.82 Å². The summed E-state index contributed by atoms with van der Waals surface area (Å²) in [5.41, 5.74) is 4.25. The van der Waals surface area contributed by atoms with Gasteiger partial charge in [-0.25, -0.2) is 4.39 Å². The first-order valence-electron chi connectivity index (χ1n) is 10.5. The van der Waals surface area contributed by atoms with Crippen molar-refractivity contribution in [3.63, 3.8) is 0 Å². The van der Waals surface area contributed by atoms with Crippen molar-refractivity contribution in [2.24, 2.45) is 0 Å². The molecule has 0 unspecified atom stereocenters. The Balaban J connectivity index is 1.38. The summed E-state index contributed by atoms with van der Waals surface area (Å²) in [4.78, 5) is 29.5. The Morgan fingerprint density at radius 1 is 0.903 bits per heavy atom. The van der Waals surface area contributed by atoms with Gasteiger partial charge in [0.05, 0.1) is 6.54 Å². The highest BCUT2D eigenvalue weighted by atomic mass is 19.1. The van der Waals surface area contributed by atoms with Crippen LogP contribution in [0.1, 0.15) is 32.1 Å². The Bertz CT molecular complexity index is 1080. The number of carbonyl (C=O) groups is 2. The fraction of sp³-hybridized carbons (Fsp3) is 0.280. The fourth-order valence-corrected chi connectivity index (χ4v) is 4.19. The topological polar surface area (TPSA) is 45.6 Å². The van der Waals surface area contributed by atoms with Crippen molar-refractivity contribution in [3.05, 3.63) is 89.0 Å². The molecule has 1 aliphatic heterocycles. The van der Waals surface area contributed by atoms with E-state index < -0.39 is 0 Å². The van der Waals surface area contributed by atoms with Crippen LogP contribution in [-0.2, 0) is 0 Å². The Labute approximate surface area is 181 Å². The van der Waals surface area contributed by atoms with E-state index in [0.717, 1.165) is 22.6 Å². The molecule has 3 aromatic rings.